The Kier molecular flexibility index (Phi) is 3.93. The number of aromatic nitrogens is 5. The highest BCUT2D eigenvalue weighted by Crippen LogP contribution is 2.29. The normalized spacial score (nSPS) is 12.4. The Bertz CT molecular complexity index is 1530. The zero-order valence-electron chi connectivity index (χ0n) is 17.0. The minimum Gasteiger partial charge on any atom is -0.355 e. The maximum absolute atomic E-state index is 4.93. The molecule has 0 amide bonds. The molecule has 8 bridgehead atoms. The van der Waals surface area contributed by atoms with Crippen molar-refractivity contribution >= 4 is 46.4 Å². The van der Waals surface area contributed by atoms with Gasteiger partial charge in [0.05, 0.1) is 22.8 Å². The molecule has 0 unspecified atom stereocenters. The third kappa shape index (κ3) is 3.36. The molecule has 0 radical (unpaired) electrons. The van der Waals surface area contributed by atoms with Crippen molar-refractivity contribution in [3.8, 4) is 11.1 Å². The van der Waals surface area contributed by atoms with Gasteiger partial charge in [0.1, 0.15) is 7.05 Å². The molecule has 0 spiro atoms. The molecule has 5 heteroatoms. The predicted octanol–water partition coefficient (Wildman–Crippen LogP) is 5.15. The summed E-state index contributed by atoms with van der Waals surface area (Å²) in [5.74, 6) is 0. The summed E-state index contributed by atoms with van der Waals surface area (Å²) in [7, 11) is 2.02. The van der Waals surface area contributed by atoms with Crippen molar-refractivity contribution in [3.05, 3.63) is 89.8 Å². The standard InChI is InChI=1S/C26H19N5/c1-31-12-10-17(11-13-31)26-24-8-6-22(29-24)15-20-4-2-18(27-20)14-19-3-5-21(28-19)16-23-7-9-25(26)30-23/h2-16H,1H3,(H,27,28,29,30)/p+1. The van der Waals surface area contributed by atoms with Crippen molar-refractivity contribution in [1.29, 1.82) is 0 Å². The van der Waals surface area contributed by atoms with Gasteiger partial charge in [0.15, 0.2) is 12.4 Å². The van der Waals surface area contributed by atoms with E-state index < -0.39 is 0 Å². The van der Waals surface area contributed by atoms with Crippen molar-refractivity contribution in [2.24, 2.45) is 7.05 Å². The molecular formula is C26H20N5+. The van der Waals surface area contributed by atoms with Crippen LogP contribution in [0, 0.1) is 0 Å². The monoisotopic (exact) mass is 402 g/mol. The Labute approximate surface area is 179 Å². The van der Waals surface area contributed by atoms with Crippen LogP contribution >= 0.6 is 0 Å². The van der Waals surface area contributed by atoms with Crippen LogP contribution in [0.2, 0.25) is 0 Å². The predicted molar refractivity (Wildman–Crippen MR) is 125 cm³/mol. The summed E-state index contributed by atoms with van der Waals surface area (Å²) in [6, 6.07) is 18.7. The van der Waals surface area contributed by atoms with E-state index in [0.29, 0.717) is 0 Å². The second kappa shape index (κ2) is 6.92. The zero-order chi connectivity index (χ0) is 20.8. The Morgan fingerprint density at radius 2 is 1.23 bits per heavy atom. The number of hydrogen-bond acceptors (Lipinski definition) is 2. The van der Waals surface area contributed by atoms with Crippen LogP contribution < -0.4 is 4.57 Å². The van der Waals surface area contributed by atoms with Crippen LogP contribution in [0.4, 0.5) is 0 Å². The molecule has 0 aromatic carbocycles. The maximum Gasteiger partial charge on any atom is 0.169 e. The van der Waals surface area contributed by atoms with Gasteiger partial charge in [-0.05, 0) is 72.3 Å². The molecule has 4 aromatic rings. The van der Waals surface area contributed by atoms with E-state index in [1.807, 2.05) is 29.8 Å². The minimum atomic E-state index is 0.918. The molecule has 31 heavy (non-hydrogen) atoms. The largest absolute Gasteiger partial charge is 0.355 e. The highest BCUT2D eigenvalue weighted by Gasteiger charge is 2.11. The van der Waals surface area contributed by atoms with Gasteiger partial charge in [-0.2, -0.15) is 0 Å². The first-order chi connectivity index (χ1) is 15.2. The number of hydrogen-bond donors (Lipinski definition) is 2. The minimum absolute atomic E-state index is 0.918. The lowest BCUT2D eigenvalue weighted by atomic mass is 10.1. The first kappa shape index (κ1) is 17.6. The third-order valence-corrected chi connectivity index (χ3v) is 5.49. The Hall–Kier alpha value is -4.25. The molecule has 0 aliphatic carbocycles. The average molecular weight is 402 g/mol. The van der Waals surface area contributed by atoms with Gasteiger partial charge in [0.2, 0.25) is 0 Å². The van der Waals surface area contributed by atoms with E-state index in [0.717, 1.165) is 56.0 Å². The summed E-state index contributed by atoms with van der Waals surface area (Å²) in [5.41, 5.74) is 9.95. The molecule has 6 rings (SSSR count). The number of pyridine rings is 1. The number of fused-ring (bicyclic) bond motifs is 8. The molecule has 0 fully saturated rings. The SMILES string of the molecule is C[n+]1ccc(-c2c3nc(cc4ccc(cc5nc(cc6ccc2[nH]6)C=C5)[nH]4)C=C3)cc1. The summed E-state index contributed by atoms with van der Waals surface area (Å²) in [5, 5.41) is 0. The van der Waals surface area contributed by atoms with Crippen LogP contribution in [0.25, 0.3) is 57.5 Å². The van der Waals surface area contributed by atoms with Crippen LogP contribution in [-0.4, -0.2) is 19.9 Å². The van der Waals surface area contributed by atoms with Crippen molar-refractivity contribution in [1.82, 2.24) is 19.9 Å². The fourth-order valence-corrected chi connectivity index (χ4v) is 3.98. The quantitative estimate of drug-likeness (QED) is 0.374. The summed E-state index contributed by atoms with van der Waals surface area (Å²) >= 11 is 0. The third-order valence-electron chi connectivity index (χ3n) is 5.49. The molecule has 0 saturated heterocycles. The Morgan fingerprint density at radius 3 is 1.94 bits per heavy atom. The molecule has 4 aromatic heterocycles. The van der Waals surface area contributed by atoms with Gasteiger partial charge in [-0.1, -0.05) is 0 Å². The van der Waals surface area contributed by atoms with E-state index in [2.05, 4.69) is 83.0 Å². The molecule has 0 saturated carbocycles. The lowest BCUT2D eigenvalue weighted by Gasteiger charge is -2.02. The lowest BCUT2D eigenvalue weighted by molar-refractivity contribution is -0.671. The van der Waals surface area contributed by atoms with E-state index in [4.69, 9.17) is 9.97 Å². The van der Waals surface area contributed by atoms with Gasteiger partial charge in [0, 0.05) is 39.8 Å². The lowest BCUT2D eigenvalue weighted by Crippen LogP contribution is -2.25. The van der Waals surface area contributed by atoms with Gasteiger partial charge < -0.3 is 9.97 Å². The van der Waals surface area contributed by atoms with E-state index in [9.17, 15) is 0 Å². The second-order valence-corrected chi connectivity index (χ2v) is 7.81. The number of aromatic amines is 2. The van der Waals surface area contributed by atoms with Crippen LogP contribution in [0.1, 0.15) is 22.8 Å². The Balaban J connectivity index is 1.71. The molecule has 2 aliphatic heterocycles. The molecule has 6 heterocycles. The molecular weight excluding hydrogens is 382 g/mol. The zero-order valence-corrected chi connectivity index (χ0v) is 17.0. The van der Waals surface area contributed by atoms with Crippen molar-refractivity contribution in [2.45, 2.75) is 0 Å². The number of nitrogens with zero attached hydrogens (tertiary/aromatic N) is 3. The first-order valence-electron chi connectivity index (χ1n) is 10.2. The van der Waals surface area contributed by atoms with Gasteiger partial charge in [-0.15, -0.1) is 0 Å². The molecule has 148 valence electrons. The highest BCUT2D eigenvalue weighted by atomic mass is 14.9. The van der Waals surface area contributed by atoms with Crippen LogP contribution in [0.3, 0.4) is 0 Å². The summed E-state index contributed by atoms with van der Waals surface area (Å²) in [6.45, 7) is 0. The fourth-order valence-electron chi connectivity index (χ4n) is 3.98. The smallest absolute Gasteiger partial charge is 0.169 e. The summed E-state index contributed by atoms with van der Waals surface area (Å²) < 4.78 is 2.03. The van der Waals surface area contributed by atoms with E-state index in [1.165, 1.54) is 0 Å². The van der Waals surface area contributed by atoms with Crippen molar-refractivity contribution < 1.29 is 4.57 Å². The van der Waals surface area contributed by atoms with E-state index in [1.54, 1.807) is 0 Å². The summed E-state index contributed by atoms with van der Waals surface area (Å²) in [6.07, 6.45) is 12.3. The van der Waals surface area contributed by atoms with Crippen LogP contribution in [0.15, 0.2) is 67.0 Å². The number of rotatable bonds is 1. The van der Waals surface area contributed by atoms with Gasteiger partial charge in [-0.25, -0.2) is 14.5 Å². The highest BCUT2D eigenvalue weighted by molar-refractivity contribution is 5.90. The van der Waals surface area contributed by atoms with Crippen molar-refractivity contribution in [2.75, 3.05) is 0 Å². The Morgan fingerprint density at radius 1 is 0.645 bits per heavy atom. The van der Waals surface area contributed by atoms with Crippen LogP contribution in [0.5, 0.6) is 0 Å². The van der Waals surface area contributed by atoms with E-state index in [-0.39, 0.29) is 0 Å². The molecule has 2 N–H and O–H groups in total. The number of H-pyrrole nitrogens is 2. The summed E-state index contributed by atoms with van der Waals surface area (Å²) in [4.78, 5) is 16.6. The van der Waals surface area contributed by atoms with Gasteiger partial charge in [0.25, 0.3) is 0 Å². The topological polar surface area (TPSA) is 61.2 Å². The second-order valence-electron chi connectivity index (χ2n) is 7.81. The molecule has 5 nitrogen and oxygen atoms in total. The van der Waals surface area contributed by atoms with Crippen LogP contribution in [-0.2, 0) is 7.05 Å². The van der Waals surface area contributed by atoms with Gasteiger partial charge >= 0.3 is 0 Å². The van der Waals surface area contributed by atoms with Gasteiger partial charge in [-0.3, -0.25) is 0 Å². The van der Waals surface area contributed by atoms with Crippen molar-refractivity contribution in [3.63, 3.8) is 0 Å². The van der Waals surface area contributed by atoms with E-state index >= 15 is 0 Å². The fraction of sp³-hybridized carbons (Fsp3) is 0.0385. The maximum atomic E-state index is 4.93. The average Bonchev–Trinajstić information content (AvgIpc) is 3.55. The molecule has 0 atom stereocenters. The number of aryl methyl sites for hydroxylation is 1. The molecule has 2 aliphatic rings. The first-order valence-corrected chi connectivity index (χ1v) is 10.2. The number of nitrogens with one attached hydrogen (secondary N) is 2.